The summed E-state index contributed by atoms with van der Waals surface area (Å²) in [6, 6.07) is -2.11. The SMILES string of the molecule is C[C@@H](C(=O)O)N([PH+]=O)C(=O)[C@@H](N)CCCO. The summed E-state index contributed by atoms with van der Waals surface area (Å²) >= 11 is 0. The number of carbonyl (C=O) groups is 2. The number of nitrogens with zero attached hydrogens (tertiary/aromatic N) is 1. The Morgan fingerprint density at radius 3 is 2.44 bits per heavy atom. The minimum atomic E-state index is -1.24. The number of aliphatic hydroxyl groups is 1. The normalized spacial score (nSPS) is 14.4. The molecule has 0 aliphatic rings. The van der Waals surface area contributed by atoms with Gasteiger partial charge < -0.3 is 15.9 Å². The Morgan fingerprint density at radius 2 is 2.06 bits per heavy atom. The first-order chi connectivity index (χ1) is 7.45. The second kappa shape index (κ2) is 7.27. The third kappa shape index (κ3) is 4.22. The van der Waals surface area contributed by atoms with Crippen molar-refractivity contribution in [2.24, 2.45) is 5.73 Å². The van der Waals surface area contributed by atoms with E-state index in [9.17, 15) is 14.2 Å². The Bertz CT molecular complexity index is 273. The molecule has 1 amide bonds. The van der Waals surface area contributed by atoms with Gasteiger partial charge in [-0.1, -0.05) is 0 Å². The van der Waals surface area contributed by atoms with Crippen molar-refractivity contribution >= 4 is 20.5 Å². The standard InChI is InChI=1S/C8H15N2O5P/c1-5(8(13)14)10(16-15)7(12)6(9)3-2-4-11/h5-6,11H,2-4,9H2,1H3,(H,13,14)/p+1/t5-,6-/m0/s1. The highest BCUT2D eigenvalue weighted by atomic mass is 31.1. The van der Waals surface area contributed by atoms with Gasteiger partial charge in [-0.15, -0.1) is 4.67 Å². The maximum absolute atomic E-state index is 11.6. The fourth-order valence-corrected chi connectivity index (χ4v) is 1.56. The van der Waals surface area contributed by atoms with Gasteiger partial charge in [-0.2, -0.15) is 0 Å². The first-order valence-electron chi connectivity index (χ1n) is 4.75. The highest BCUT2D eigenvalue weighted by Gasteiger charge is 2.34. The van der Waals surface area contributed by atoms with E-state index in [0.29, 0.717) is 11.1 Å². The number of carboxylic acids is 1. The quantitative estimate of drug-likeness (QED) is 0.516. The number of nitrogens with two attached hydrogens (primary N) is 1. The molecule has 4 N–H and O–H groups in total. The van der Waals surface area contributed by atoms with E-state index in [2.05, 4.69) is 0 Å². The predicted octanol–water partition coefficient (Wildman–Crippen LogP) is -0.673. The van der Waals surface area contributed by atoms with Crippen LogP contribution in [0.3, 0.4) is 0 Å². The topological polar surface area (TPSA) is 121 Å². The number of carboxylic acid groups (broad SMARTS) is 1. The second-order valence-electron chi connectivity index (χ2n) is 3.29. The van der Waals surface area contributed by atoms with E-state index < -0.39 is 32.6 Å². The van der Waals surface area contributed by atoms with Crippen LogP contribution in [-0.2, 0) is 14.2 Å². The van der Waals surface area contributed by atoms with E-state index in [1.165, 1.54) is 6.92 Å². The Labute approximate surface area is 94.5 Å². The Kier molecular flexibility index (Phi) is 6.80. The molecule has 0 bridgehead atoms. The summed E-state index contributed by atoms with van der Waals surface area (Å²) in [5.74, 6) is -1.93. The lowest BCUT2D eigenvalue weighted by Crippen LogP contribution is -2.45. The second-order valence-corrected chi connectivity index (χ2v) is 3.95. The lowest BCUT2D eigenvalue weighted by atomic mass is 10.1. The number of rotatable bonds is 7. The van der Waals surface area contributed by atoms with Crippen LogP contribution in [0, 0.1) is 0 Å². The van der Waals surface area contributed by atoms with E-state index in [1.807, 2.05) is 0 Å². The molecule has 0 aromatic heterocycles. The largest absolute Gasteiger partial charge is 0.480 e. The Morgan fingerprint density at radius 1 is 1.50 bits per heavy atom. The van der Waals surface area contributed by atoms with Crippen LogP contribution in [0.25, 0.3) is 0 Å². The molecule has 0 heterocycles. The number of carbonyl (C=O) groups excluding carboxylic acids is 1. The van der Waals surface area contributed by atoms with Crippen LogP contribution in [0.2, 0.25) is 0 Å². The zero-order valence-electron chi connectivity index (χ0n) is 8.92. The molecule has 0 spiro atoms. The molecular formula is C8H16N2O5P+. The highest BCUT2D eigenvalue weighted by molar-refractivity contribution is 7.22. The van der Waals surface area contributed by atoms with Crippen LogP contribution in [0.5, 0.6) is 0 Å². The van der Waals surface area contributed by atoms with E-state index in [1.54, 1.807) is 0 Å². The molecule has 16 heavy (non-hydrogen) atoms. The summed E-state index contributed by atoms with van der Waals surface area (Å²) in [5, 5.41) is 17.2. The molecule has 3 atom stereocenters. The van der Waals surface area contributed by atoms with Gasteiger partial charge in [0.25, 0.3) is 5.91 Å². The van der Waals surface area contributed by atoms with Gasteiger partial charge in [-0.25, -0.2) is 4.79 Å². The van der Waals surface area contributed by atoms with Crippen LogP contribution in [-0.4, -0.2) is 45.5 Å². The maximum Gasteiger partial charge on any atom is 0.451 e. The van der Waals surface area contributed by atoms with Crippen LogP contribution in [0.15, 0.2) is 0 Å². The van der Waals surface area contributed by atoms with Crippen molar-refractivity contribution in [3.05, 3.63) is 0 Å². The number of hydrogen-bond donors (Lipinski definition) is 3. The van der Waals surface area contributed by atoms with Gasteiger partial charge in [-0.3, -0.25) is 4.79 Å². The summed E-state index contributed by atoms with van der Waals surface area (Å²) in [6.45, 7) is 1.15. The molecule has 0 saturated carbocycles. The molecular weight excluding hydrogens is 235 g/mol. The van der Waals surface area contributed by atoms with Crippen LogP contribution in [0.1, 0.15) is 19.8 Å². The molecule has 7 nitrogen and oxygen atoms in total. The van der Waals surface area contributed by atoms with Crippen molar-refractivity contribution in [2.75, 3.05) is 6.61 Å². The molecule has 0 aromatic rings. The molecule has 0 aliphatic heterocycles. The summed E-state index contributed by atoms with van der Waals surface area (Å²) < 4.78 is 11.5. The van der Waals surface area contributed by atoms with E-state index in [0.717, 1.165) is 0 Å². The van der Waals surface area contributed by atoms with Gasteiger partial charge in [0.15, 0.2) is 6.04 Å². The van der Waals surface area contributed by atoms with Crippen molar-refractivity contribution in [3.8, 4) is 0 Å². The predicted molar refractivity (Wildman–Crippen MR) is 57.2 cm³/mol. The van der Waals surface area contributed by atoms with Crippen molar-refractivity contribution < 1.29 is 24.4 Å². The number of amides is 1. The zero-order valence-corrected chi connectivity index (χ0v) is 9.92. The number of aliphatic carboxylic acids is 1. The lowest BCUT2D eigenvalue weighted by Gasteiger charge is -2.16. The first kappa shape index (κ1) is 15.0. The van der Waals surface area contributed by atoms with Gasteiger partial charge in [0.1, 0.15) is 0 Å². The minimum Gasteiger partial charge on any atom is -0.480 e. The third-order valence-corrected chi connectivity index (χ3v) is 2.88. The van der Waals surface area contributed by atoms with Crippen molar-refractivity contribution in [3.63, 3.8) is 0 Å². The van der Waals surface area contributed by atoms with Crippen molar-refractivity contribution in [2.45, 2.75) is 31.8 Å². The van der Waals surface area contributed by atoms with Gasteiger partial charge in [-0.05, 0) is 24.3 Å². The minimum absolute atomic E-state index is 0.102. The maximum atomic E-state index is 11.6. The lowest BCUT2D eigenvalue weighted by molar-refractivity contribution is -0.145. The van der Waals surface area contributed by atoms with E-state index >= 15 is 0 Å². The number of aliphatic hydroxyl groups excluding tert-OH is 1. The highest BCUT2D eigenvalue weighted by Crippen LogP contribution is 2.14. The summed E-state index contributed by atoms with van der Waals surface area (Å²) in [7, 11) is -1.19. The van der Waals surface area contributed by atoms with E-state index in [-0.39, 0.29) is 13.0 Å². The molecule has 0 rings (SSSR count). The van der Waals surface area contributed by atoms with Gasteiger partial charge in [0.05, 0.1) is 6.04 Å². The van der Waals surface area contributed by atoms with Crippen LogP contribution in [0.4, 0.5) is 0 Å². The average molecular weight is 251 g/mol. The fourth-order valence-electron chi connectivity index (χ4n) is 1.04. The molecule has 0 aromatic carbocycles. The molecule has 92 valence electrons. The van der Waals surface area contributed by atoms with Gasteiger partial charge >= 0.3 is 14.6 Å². The fraction of sp³-hybridized carbons (Fsp3) is 0.750. The summed E-state index contributed by atoms with van der Waals surface area (Å²) in [6.07, 6.45) is 0.562. The average Bonchev–Trinajstić information content (AvgIpc) is 2.26. The Hall–Kier alpha value is -1.04. The van der Waals surface area contributed by atoms with Crippen LogP contribution >= 0.6 is 8.61 Å². The molecule has 0 saturated heterocycles. The molecule has 0 fully saturated rings. The molecule has 1 unspecified atom stereocenters. The first-order valence-corrected chi connectivity index (χ1v) is 5.61. The zero-order chi connectivity index (χ0) is 12.7. The molecule has 0 radical (unpaired) electrons. The summed E-state index contributed by atoms with van der Waals surface area (Å²) in [4.78, 5) is 22.2. The van der Waals surface area contributed by atoms with Gasteiger partial charge in [0.2, 0.25) is 0 Å². The van der Waals surface area contributed by atoms with Crippen LogP contribution < -0.4 is 5.73 Å². The monoisotopic (exact) mass is 251 g/mol. The smallest absolute Gasteiger partial charge is 0.451 e. The van der Waals surface area contributed by atoms with Gasteiger partial charge in [0, 0.05) is 6.61 Å². The Balaban J connectivity index is 4.52. The number of hydrogen-bond acceptors (Lipinski definition) is 5. The summed E-state index contributed by atoms with van der Waals surface area (Å²) in [5.41, 5.74) is 5.49. The van der Waals surface area contributed by atoms with Crippen molar-refractivity contribution in [1.29, 1.82) is 0 Å². The molecule has 0 aliphatic carbocycles. The third-order valence-electron chi connectivity index (χ3n) is 2.07. The van der Waals surface area contributed by atoms with Crippen molar-refractivity contribution in [1.82, 2.24) is 4.67 Å². The van der Waals surface area contributed by atoms with E-state index in [4.69, 9.17) is 15.9 Å². The molecule has 8 heteroatoms.